The van der Waals surface area contributed by atoms with Gasteiger partial charge in [0.2, 0.25) is 0 Å². The minimum absolute atomic E-state index is 0.285. The molecule has 0 amide bonds. The van der Waals surface area contributed by atoms with Crippen LogP contribution >= 0.6 is 0 Å². The van der Waals surface area contributed by atoms with Crippen molar-refractivity contribution in [2.75, 3.05) is 13.1 Å². The van der Waals surface area contributed by atoms with E-state index >= 15 is 0 Å². The van der Waals surface area contributed by atoms with E-state index in [0.29, 0.717) is 0 Å². The Morgan fingerprint density at radius 1 is 1.18 bits per heavy atom. The SMILES string of the molecule is CCCC(CNCC)Oc1ccccc1CC. The van der Waals surface area contributed by atoms with Crippen LogP contribution in [0, 0.1) is 0 Å². The first-order valence-corrected chi connectivity index (χ1v) is 6.77. The summed E-state index contributed by atoms with van der Waals surface area (Å²) in [5.74, 6) is 1.05. The third kappa shape index (κ3) is 4.78. The number of nitrogens with one attached hydrogen (secondary N) is 1. The highest BCUT2D eigenvalue weighted by atomic mass is 16.5. The van der Waals surface area contributed by atoms with Crippen molar-refractivity contribution in [2.45, 2.75) is 46.1 Å². The Kier molecular flexibility index (Phi) is 6.71. The quantitative estimate of drug-likeness (QED) is 0.745. The number of hydrogen-bond acceptors (Lipinski definition) is 2. The number of aryl methyl sites for hydroxylation is 1. The third-order valence-corrected chi connectivity index (χ3v) is 2.88. The van der Waals surface area contributed by atoms with E-state index in [-0.39, 0.29) is 6.10 Å². The molecule has 1 N–H and O–H groups in total. The van der Waals surface area contributed by atoms with Gasteiger partial charge in [0, 0.05) is 6.54 Å². The molecule has 96 valence electrons. The molecule has 1 rings (SSSR count). The van der Waals surface area contributed by atoms with Crippen LogP contribution in [0.15, 0.2) is 24.3 Å². The van der Waals surface area contributed by atoms with Gasteiger partial charge < -0.3 is 10.1 Å². The van der Waals surface area contributed by atoms with Crippen molar-refractivity contribution in [1.82, 2.24) is 5.32 Å². The zero-order chi connectivity index (χ0) is 12.5. The zero-order valence-electron chi connectivity index (χ0n) is 11.3. The van der Waals surface area contributed by atoms with E-state index in [1.165, 1.54) is 5.56 Å². The molecule has 0 aromatic heterocycles. The Balaban J connectivity index is 2.63. The van der Waals surface area contributed by atoms with Gasteiger partial charge >= 0.3 is 0 Å². The molecule has 0 bridgehead atoms. The Bertz CT molecular complexity index is 312. The maximum atomic E-state index is 6.12. The third-order valence-electron chi connectivity index (χ3n) is 2.88. The Morgan fingerprint density at radius 2 is 1.94 bits per heavy atom. The Labute approximate surface area is 105 Å². The lowest BCUT2D eigenvalue weighted by Crippen LogP contribution is -2.31. The van der Waals surface area contributed by atoms with Crippen molar-refractivity contribution in [3.8, 4) is 5.75 Å². The van der Waals surface area contributed by atoms with Crippen LogP contribution < -0.4 is 10.1 Å². The van der Waals surface area contributed by atoms with Crippen molar-refractivity contribution >= 4 is 0 Å². The highest BCUT2D eigenvalue weighted by molar-refractivity contribution is 5.33. The summed E-state index contributed by atoms with van der Waals surface area (Å²) in [4.78, 5) is 0. The summed E-state index contributed by atoms with van der Waals surface area (Å²) in [6.07, 6.45) is 3.57. The maximum Gasteiger partial charge on any atom is 0.122 e. The summed E-state index contributed by atoms with van der Waals surface area (Å²) < 4.78 is 6.12. The van der Waals surface area contributed by atoms with E-state index in [1.54, 1.807) is 0 Å². The van der Waals surface area contributed by atoms with Crippen LogP contribution in [0.4, 0.5) is 0 Å². The number of likely N-dealkylation sites (N-methyl/N-ethyl adjacent to an activating group) is 1. The fourth-order valence-corrected chi connectivity index (χ4v) is 1.92. The second-order valence-corrected chi connectivity index (χ2v) is 4.30. The van der Waals surface area contributed by atoms with Crippen LogP contribution in [0.2, 0.25) is 0 Å². The first-order chi connectivity index (χ1) is 8.31. The van der Waals surface area contributed by atoms with Crippen LogP contribution in [0.25, 0.3) is 0 Å². The minimum atomic E-state index is 0.285. The molecule has 17 heavy (non-hydrogen) atoms. The number of para-hydroxylation sites is 1. The molecule has 0 fully saturated rings. The Morgan fingerprint density at radius 3 is 2.59 bits per heavy atom. The van der Waals surface area contributed by atoms with Gasteiger partial charge in [-0.05, 0) is 31.0 Å². The van der Waals surface area contributed by atoms with Gasteiger partial charge in [-0.15, -0.1) is 0 Å². The number of hydrogen-bond donors (Lipinski definition) is 1. The van der Waals surface area contributed by atoms with Gasteiger partial charge in [0.25, 0.3) is 0 Å². The van der Waals surface area contributed by atoms with Gasteiger partial charge in [-0.1, -0.05) is 45.4 Å². The van der Waals surface area contributed by atoms with Gasteiger partial charge in [0.15, 0.2) is 0 Å². The van der Waals surface area contributed by atoms with Gasteiger partial charge in [-0.3, -0.25) is 0 Å². The molecule has 0 spiro atoms. The summed E-state index contributed by atoms with van der Waals surface area (Å²) in [6.45, 7) is 8.43. The van der Waals surface area contributed by atoms with E-state index in [0.717, 1.165) is 38.1 Å². The molecule has 2 nitrogen and oxygen atoms in total. The summed E-state index contributed by atoms with van der Waals surface area (Å²) in [5, 5.41) is 3.37. The summed E-state index contributed by atoms with van der Waals surface area (Å²) in [7, 11) is 0. The molecule has 1 unspecified atom stereocenters. The lowest BCUT2D eigenvalue weighted by molar-refractivity contribution is 0.185. The number of rotatable bonds is 8. The smallest absolute Gasteiger partial charge is 0.122 e. The van der Waals surface area contributed by atoms with E-state index in [4.69, 9.17) is 4.74 Å². The topological polar surface area (TPSA) is 21.3 Å². The number of benzene rings is 1. The van der Waals surface area contributed by atoms with E-state index in [2.05, 4.69) is 44.3 Å². The largest absolute Gasteiger partial charge is 0.489 e. The van der Waals surface area contributed by atoms with Crippen molar-refractivity contribution in [3.05, 3.63) is 29.8 Å². The molecule has 0 aliphatic heterocycles. The molecule has 0 saturated carbocycles. The molecule has 1 aromatic carbocycles. The average molecular weight is 235 g/mol. The summed E-state index contributed by atoms with van der Waals surface area (Å²) in [5.41, 5.74) is 1.30. The van der Waals surface area contributed by atoms with Crippen LogP contribution in [-0.4, -0.2) is 19.2 Å². The van der Waals surface area contributed by atoms with Crippen LogP contribution in [0.3, 0.4) is 0 Å². The van der Waals surface area contributed by atoms with Crippen LogP contribution in [-0.2, 0) is 6.42 Å². The van der Waals surface area contributed by atoms with Crippen molar-refractivity contribution < 1.29 is 4.74 Å². The highest BCUT2D eigenvalue weighted by Crippen LogP contribution is 2.20. The van der Waals surface area contributed by atoms with Gasteiger partial charge in [-0.2, -0.15) is 0 Å². The normalized spacial score (nSPS) is 12.4. The molecule has 0 saturated heterocycles. The second-order valence-electron chi connectivity index (χ2n) is 4.30. The predicted octanol–water partition coefficient (Wildman–Crippen LogP) is 3.41. The molecular weight excluding hydrogens is 210 g/mol. The lowest BCUT2D eigenvalue weighted by atomic mass is 10.1. The molecule has 0 radical (unpaired) electrons. The van der Waals surface area contributed by atoms with Crippen molar-refractivity contribution in [3.63, 3.8) is 0 Å². The van der Waals surface area contributed by atoms with E-state index in [9.17, 15) is 0 Å². The molecule has 2 heteroatoms. The summed E-state index contributed by atoms with van der Waals surface area (Å²) >= 11 is 0. The summed E-state index contributed by atoms with van der Waals surface area (Å²) in [6, 6.07) is 8.34. The molecule has 1 atom stereocenters. The van der Waals surface area contributed by atoms with Crippen LogP contribution in [0.1, 0.15) is 39.2 Å². The minimum Gasteiger partial charge on any atom is -0.489 e. The lowest BCUT2D eigenvalue weighted by Gasteiger charge is -2.20. The second kappa shape index (κ2) is 8.13. The molecule has 1 aromatic rings. The number of ether oxygens (including phenoxy) is 1. The van der Waals surface area contributed by atoms with Crippen molar-refractivity contribution in [2.24, 2.45) is 0 Å². The highest BCUT2D eigenvalue weighted by Gasteiger charge is 2.10. The fraction of sp³-hybridized carbons (Fsp3) is 0.600. The molecule has 0 heterocycles. The molecule has 0 aliphatic rings. The van der Waals surface area contributed by atoms with Gasteiger partial charge in [-0.25, -0.2) is 0 Å². The molecular formula is C15H25NO. The maximum absolute atomic E-state index is 6.12. The predicted molar refractivity (Wildman–Crippen MR) is 73.7 cm³/mol. The fourth-order valence-electron chi connectivity index (χ4n) is 1.92. The monoisotopic (exact) mass is 235 g/mol. The van der Waals surface area contributed by atoms with Gasteiger partial charge in [0.1, 0.15) is 11.9 Å². The van der Waals surface area contributed by atoms with E-state index < -0.39 is 0 Å². The average Bonchev–Trinajstić information content (AvgIpc) is 2.37. The van der Waals surface area contributed by atoms with Crippen molar-refractivity contribution in [1.29, 1.82) is 0 Å². The standard InChI is InChI=1S/C15H25NO/c1-4-9-14(12-16-6-3)17-15-11-8-7-10-13(15)5-2/h7-8,10-11,14,16H,4-6,9,12H2,1-3H3. The Hall–Kier alpha value is -1.02. The first-order valence-electron chi connectivity index (χ1n) is 6.77. The molecule has 0 aliphatic carbocycles. The first kappa shape index (κ1) is 14.0. The van der Waals surface area contributed by atoms with Crippen LogP contribution in [0.5, 0.6) is 5.75 Å². The zero-order valence-corrected chi connectivity index (χ0v) is 11.3. The van der Waals surface area contributed by atoms with E-state index in [1.807, 2.05) is 6.07 Å². The van der Waals surface area contributed by atoms with Gasteiger partial charge in [0.05, 0.1) is 0 Å².